The van der Waals surface area contributed by atoms with Crippen molar-refractivity contribution in [1.82, 2.24) is 9.13 Å². The Morgan fingerprint density at radius 3 is 2.12 bits per heavy atom. The van der Waals surface area contributed by atoms with Crippen LogP contribution in [0.3, 0.4) is 0 Å². The van der Waals surface area contributed by atoms with Crippen LogP contribution in [0, 0.1) is 13.8 Å². The Morgan fingerprint density at radius 1 is 0.879 bits per heavy atom. The summed E-state index contributed by atoms with van der Waals surface area (Å²) in [5.74, 6) is 0. The molecule has 0 aliphatic heterocycles. The third kappa shape index (κ3) is 4.45. The number of rotatable bonds is 7. The van der Waals surface area contributed by atoms with Crippen LogP contribution in [0.5, 0.6) is 0 Å². The lowest BCUT2D eigenvalue weighted by Gasteiger charge is -2.15. The van der Waals surface area contributed by atoms with E-state index < -0.39 is 10.0 Å². The van der Waals surface area contributed by atoms with Gasteiger partial charge < -0.3 is 0 Å². The van der Waals surface area contributed by atoms with Crippen LogP contribution < -0.4 is 10.4 Å². The molecule has 33 heavy (non-hydrogen) atoms. The number of aromatic nitrogens is 2. The topological polar surface area (TPSA) is 73.1 Å². The number of aryl methyl sites for hydroxylation is 4. The van der Waals surface area contributed by atoms with Crippen LogP contribution in [0.1, 0.15) is 25.0 Å². The lowest BCUT2D eigenvalue weighted by atomic mass is 10.2. The number of anilines is 1. The Bertz CT molecular complexity index is 1490. The average molecular weight is 482 g/mol. The Hall–Kier alpha value is -2.97. The Morgan fingerprint density at radius 2 is 1.52 bits per heavy atom. The molecule has 0 aliphatic rings. The monoisotopic (exact) mass is 481 g/mol. The average Bonchev–Trinajstić information content (AvgIpc) is 3.03. The molecule has 0 saturated heterocycles. The van der Waals surface area contributed by atoms with Crippen LogP contribution >= 0.6 is 11.8 Å². The maximum Gasteiger partial charge on any atom is 0.329 e. The van der Waals surface area contributed by atoms with Gasteiger partial charge in [0.2, 0.25) is 0 Å². The Kier molecular flexibility index (Phi) is 6.41. The van der Waals surface area contributed by atoms with Gasteiger partial charge in [0.1, 0.15) is 0 Å². The lowest BCUT2D eigenvalue weighted by molar-refractivity contribution is 0.600. The normalized spacial score (nSPS) is 11.8. The van der Waals surface area contributed by atoms with Crippen molar-refractivity contribution in [3.8, 4) is 0 Å². The third-order valence-corrected chi connectivity index (χ3v) is 8.18. The molecule has 0 fully saturated rings. The molecule has 0 atom stereocenters. The molecule has 1 N–H and O–H groups in total. The summed E-state index contributed by atoms with van der Waals surface area (Å²) >= 11 is 1.46. The summed E-state index contributed by atoms with van der Waals surface area (Å²) in [7, 11) is -3.83. The first-order chi connectivity index (χ1) is 15.7. The standard InChI is InChI=1S/C25H27N3O3S2/c1-5-27-21-15-20(26-33(30,31)24-13-12-17(3)14-18(24)4)23(32-19-10-8-7-9-11-19)16-22(21)28(6-2)25(27)29/h7-16,26H,5-6H2,1-4H3. The van der Waals surface area contributed by atoms with Crippen molar-refractivity contribution in [2.24, 2.45) is 0 Å². The summed E-state index contributed by atoms with van der Waals surface area (Å²) < 4.78 is 32.9. The number of fused-ring (bicyclic) bond motifs is 1. The quantitative estimate of drug-likeness (QED) is 0.383. The number of hydrogen-bond donors (Lipinski definition) is 1. The largest absolute Gasteiger partial charge is 0.329 e. The summed E-state index contributed by atoms with van der Waals surface area (Å²) in [5, 5.41) is 0. The maximum absolute atomic E-state index is 13.4. The molecule has 0 saturated carbocycles. The second-order valence-electron chi connectivity index (χ2n) is 7.90. The van der Waals surface area contributed by atoms with E-state index in [1.165, 1.54) is 11.8 Å². The van der Waals surface area contributed by atoms with Gasteiger partial charge in [0, 0.05) is 22.9 Å². The molecule has 172 valence electrons. The second-order valence-corrected chi connectivity index (χ2v) is 10.7. The molecule has 0 unspecified atom stereocenters. The van der Waals surface area contributed by atoms with Crippen LogP contribution in [-0.4, -0.2) is 17.6 Å². The first-order valence-electron chi connectivity index (χ1n) is 10.8. The number of nitrogens with one attached hydrogen (secondary N) is 1. The Labute approximate surface area is 198 Å². The zero-order valence-corrected chi connectivity index (χ0v) is 20.8. The van der Waals surface area contributed by atoms with Gasteiger partial charge in [-0.05, 0) is 63.6 Å². The van der Waals surface area contributed by atoms with Gasteiger partial charge in [-0.1, -0.05) is 47.7 Å². The van der Waals surface area contributed by atoms with Crippen molar-refractivity contribution in [1.29, 1.82) is 0 Å². The van der Waals surface area contributed by atoms with Crippen molar-refractivity contribution < 1.29 is 8.42 Å². The number of hydrogen-bond acceptors (Lipinski definition) is 4. The fraction of sp³-hybridized carbons (Fsp3) is 0.240. The van der Waals surface area contributed by atoms with Crippen LogP contribution in [-0.2, 0) is 23.1 Å². The zero-order chi connectivity index (χ0) is 23.8. The smallest absolute Gasteiger partial charge is 0.292 e. The first-order valence-corrected chi connectivity index (χ1v) is 13.1. The first kappa shape index (κ1) is 23.2. The van der Waals surface area contributed by atoms with Crippen molar-refractivity contribution in [2.75, 3.05) is 4.72 Å². The van der Waals surface area contributed by atoms with Crippen molar-refractivity contribution in [3.63, 3.8) is 0 Å². The minimum Gasteiger partial charge on any atom is -0.292 e. The van der Waals surface area contributed by atoms with Crippen molar-refractivity contribution >= 4 is 38.5 Å². The van der Waals surface area contributed by atoms with Gasteiger partial charge in [0.25, 0.3) is 10.0 Å². The van der Waals surface area contributed by atoms with E-state index in [1.807, 2.05) is 63.2 Å². The van der Waals surface area contributed by atoms with Crippen LogP contribution in [0.25, 0.3) is 11.0 Å². The summed E-state index contributed by atoms with van der Waals surface area (Å²) in [4.78, 5) is 14.8. The summed E-state index contributed by atoms with van der Waals surface area (Å²) in [6.07, 6.45) is 0. The third-order valence-electron chi connectivity index (χ3n) is 5.59. The molecule has 0 spiro atoms. The summed E-state index contributed by atoms with van der Waals surface area (Å²) in [6, 6.07) is 18.7. The molecule has 0 amide bonds. The maximum atomic E-state index is 13.4. The van der Waals surface area contributed by atoms with Gasteiger partial charge in [0.05, 0.1) is 21.6 Å². The van der Waals surface area contributed by atoms with E-state index in [1.54, 1.807) is 34.3 Å². The summed E-state index contributed by atoms with van der Waals surface area (Å²) in [6.45, 7) is 8.60. The van der Waals surface area contributed by atoms with Gasteiger partial charge in [-0.15, -0.1) is 0 Å². The van der Waals surface area contributed by atoms with E-state index in [-0.39, 0.29) is 10.6 Å². The highest BCUT2D eigenvalue weighted by molar-refractivity contribution is 7.99. The van der Waals surface area contributed by atoms with E-state index in [0.29, 0.717) is 29.9 Å². The van der Waals surface area contributed by atoms with Crippen LogP contribution in [0.2, 0.25) is 0 Å². The highest BCUT2D eigenvalue weighted by Crippen LogP contribution is 2.37. The number of nitrogens with zero attached hydrogens (tertiary/aromatic N) is 2. The predicted octanol–water partition coefficient (Wildman–Crippen LogP) is 5.41. The van der Waals surface area contributed by atoms with Gasteiger partial charge in [-0.25, -0.2) is 13.2 Å². The number of benzene rings is 3. The SMILES string of the molecule is CCn1c(=O)n(CC)c2cc(Sc3ccccc3)c(NS(=O)(=O)c3ccc(C)cc3C)cc21. The number of sulfonamides is 1. The molecule has 4 rings (SSSR count). The van der Waals surface area contributed by atoms with E-state index in [2.05, 4.69) is 4.72 Å². The van der Waals surface area contributed by atoms with E-state index in [4.69, 9.17) is 0 Å². The fourth-order valence-corrected chi connectivity index (χ4v) is 6.33. The fourth-order valence-electron chi connectivity index (χ4n) is 4.03. The van der Waals surface area contributed by atoms with Crippen LogP contribution in [0.15, 0.2) is 80.1 Å². The van der Waals surface area contributed by atoms with Crippen molar-refractivity contribution in [2.45, 2.75) is 55.5 Å². The minimum absolute atomic E-state index is 0.0972. The summed E-state index contributed by atoms with van der Waals surface area (Å²) in [5.41, 5.74) is 3.54. The van der Waals surface area contributed by atoms with Gasteiger partial charge in [-0.2, -0.15) is 0 Å². The van der Waals surface area contributed by atoms with E-state index >= 15 is 0 Å². The number of imidazole rings is 1. The molecule has 0 aliphatic carbocycles. The highest BCUT2D eigenvalue weighted by Gasteiger charge is 2.21. The molecule has 1 aromatic heterocycles. The second kappa shape index (κ2) is 9.11. The van der Waals surface area contributed by atoms with Gasteiger partial charge in [0.15, 0.2) is 0 Å². The minimum atomic E-state index is -3.83. The van der Waals surface area contributed by atoms with Crippen molar-refractivity contribution in [3.05, 3.63) is 82.3 Å². The van der Waals surface area contributed by atoms with E-state index in [9.17, 15) is 13.2 Å². The van der Waals surface area contributed by atoms with Gasteiger partial charge >= 0.3 is 5.69 Å². The predicted molar refractivity (Wildman–Crippen MR) is 135 cm³/mol. The molecule has 3 aromatic carbocycles. The molecule has 6 nitrogen and oxygen atoms in total. The zero-order valence-electron chi connectivity index (χ0n) is 19.1. The lowest BCUT2D eigenvalue weighted by Crippen LogP contribution is -2.23. The molecular formula is C25H27N3O3S2. The molecule has 1 heterocycles. The molecule has 0 bridgehead atoms. The molecule has 0 radical (unpaired) electrons. The molecule has 8 heteroatoms. The van der Waals surface area contributed by atoms with Gasteiger partial charge in [-0.3, -0.25) is 13.9 Å². The van der Waals surface area contributed by atoms with Crippen LogP contribution in [0.4, 0.5) is 5.69 Å². The molecule has 4 aromatic rings. The molecular weight excluding hydrogens is 454 g/mol. The highest BCUT2D eigenvalue weighted by atomic mass is 32.2. The van der Waals surface area contributed by atoms with E-state index in [0.717, 1.165) is 20.9 Å². The Balaban J connectivity index is 1.91.